The van der Waals surface area contributed by atoms with E-state index in [1.165, 1.54) is 6.07 Å². The third kappa shape index (κ3) is 5.24. The number of hydrogen-bond donors (Lipinski definition) is 1. The van der Waals surface area contributed by atoms with Gasteiger partial charge in [-0.2, -0.15) is 13.2 Å². The van der Waals surface area contributed by atoms with Gasteiger partial charge in [0.25, 0.3) is 0 Å². The Labute approximate surface area is 186 Å². The fourth-order valence-corrected chi connectivity index (χ4v) is 5.50. The van der Waals surface area contributed by atoms with Gasteiger partial charge in [0.05, 0.1) is 16.2 Å². The summed E-state index contributed by atoms with van der Waals surface area (Å²) in [6.07, 6.45) is 5.53. The van der Waals surface area contributed by atoms with Gasteiger partial charge < -0.3 is 10.1 Å². The lowest BCUT2D eigenvalue weighted by molar-refractivity contribution is -0.137. The zero-order valence-electron chi connectivity index (χ0n) is 17.5. The van der Waals surface area contributed by atoms with Crippen molar-refractivity contribution in [2.45, 2.75) is 68.7 Å². The molecular formula is C24H28ClF3N2O. The highest BCUT2D eigenvalue weighted by atomic mass is 35.5. The number of aromatic nitrogens is 1. The maximum absolute atomic E-state index is 13.4. The summed E-state index contributed by atoms with van der Waals surface area (Å²) in [6.45, 7) is 1.90. The third-order valence-corrected chi connectivity index (χ3v) is 7.04. The number of pyridine rings is 1. The van der Waals surface area contributed by atoms with Crippen LogP contribution < -0.4 is 5.32 Å². The molecule has 0 bridgehead atoms. The minimum Gasteiger partial charge on any atom is -0.375 e. The highest BCUT2D eigenvalue weighted by Gasteiger charge is 2.48. The second kappa shape index (κ2) is 9.08. The zero-order chi connectivity index (χ0) is 22.0. The predicted molar refractivity (Wildman–Crippen MR) is 115 cm³/mol. The number of halogens is 4. The Morgan fingerprint density at radius 1 is 1.10 bits per heavy atom. The normalized spacial score (nSPS) is 23.4. The summed E-state index contributed by atoms with van der Waals surface area (Å²) in [5, 5.41) is 4.02. The van der Waals surface area contributed by atoms with Crippen LogP contribution in [0.4, 0.5) is 13.2 Å². The Morgan fingerprint density at radius 3 is 2.65 bits per heavy atom. The second-order valence-corrected chi connectivity index (χ2v) is 9.40. The smallest absolute Gasteiger partial charge is 0.375 e. The Balaban J connectivity index is 1.54. The maximum Gasteiger partial charge on any atom is 0.416 e. The second-order valence-electron chi connectivity index (χ2n) is 8.96. The van der Waals surface area contributed by atoms with Crippen molar-refractivity contribution in [3.05, 3.63) is 64.4 Å². The molecule has 1 aromatic heterocycles. The van der Waals surface area contributed by atoms with E-state index in [1.807, 2.05) is 12.1 Å². The molecule has 3 nitrogen and oxygen atoms in total. The highest BCUT2D eigenvalue weighted by molar-refractivity contribution is 6.30. The van der Waals surface area contributed by atoms with Crippen LogP contribution in [0.3, 0.4) is 0 Å². The van der Waals surface area contributed by atoms with Gasteiger partial charge in [-0.1, -0.05) is 42.6 Å². The van der Waals surface area contributed by atoms with E-state index in [1.54, 1.807) is 18.5 Å². The molecule has 31 heavy (non-hydrogen) atoms. The molecule has 1 N–H and O–H groups in total. The molecule has 1 spiro atoms. The first kappa shape index (κ1) is 22.6. The van der Waals surface area contributed by atoms with Crippen molar-refractivity contribution >= 4 is 11.6 Å². The minimum absolute atomic E-state index is 0.191. The van der Waals surface area contributed by atoms with Crippen LogP contribution in [-0.2, 0) is 22.9 Å². The van der Waals surface area contributed by atoms with E-state index in [-0.39, 0.29) is 11.0 Å². The van der Waals surface area contributed by atoms with E-state index in [0.29, 0.717) is 24.7 Å². The number of benzene rings is 1. The van der Waals surface area contributed by atoms with Crippen LogP contribution in [0.15, 0.2) is 42.7 Å². The largest absolute Gasteiger partial charge is 0.416 e. The number of ether oxygens (including phenoxy) is 1. The molecule has 1 aliphatic heterocycles. The molecule has 2 fully saturated rings. The molecule has 1 saturated heterocycles. The summed E-state index contributed by atoms with van der Waals surface area (Å²) in [6, 6.07) is 7.79. The summed E-state index contributed by atoms with van der Waals surface area (Å²) >= 11 is 6.01. The molecule has 0 radical (unpaired) electrons. The minimum atomic E-state index is -4.34. The van der Waals surface area contributed by atoms with E-state index in [2.05, 4.69) is 10.3 Å². The summed E-state index contributed by atoms with van der Waals surface area (Å²) in [4.78, 5) is 4.10. The number of nitrogens with zero attached hydrogens (tertiary/aromatic N) is 1. The van der Waals surface area contributed by atoms with Gasteiger partial charge in [-0.15, -0.1) is 0 Å². The van der Waals surface area contributed by atoms with Gasteiger partial charge in [0.15, 0.2) is 0 Å². The summed E-state index contributed by atoms with van der Waals surface area (Å²) in [5.41, 5.74) is 0.671. The molecule has 1 aromatic carbocycles. The average molecular weight is 453 g/mol. The molecule has 168 valence electrons. The molecule has 1 atom stereocenters. The molecular weight excluding hydrogens is 425 g/mol. The van der Waals surface area contributed by atoms with Gasteiger partial charge in [-0.3, -0.25) is 4.98 Å². The fraction of sp³-hybridized carbons (Fsp3) is 0.542. The first-order valence-electron chi connectivity index (χ1n) is 10.9. The average Bonchev–Trinajstić information content (AvgIpc) is 3.18. The third-order valence-electron chi connectivity index (χ3n) is 6.84. The lowest BCUT2D eigenvalue weighted by atomic mass is 9.66. The number of rotatable bonds is 6. The highest BCUT2D eigenvalue weighted by Crippen LogP contribution is 2.50. The topological polar surface area (TPSA) is 34.2 Å². The first-order chi connectivity index (χ1) is 14.8. The number of nitrogens with one attached hydrogen (secondary N) is 1. The zero-order valence-corrected chi connectivity index (χ0v) is 18.2. The lowest BCUT2D eigenvalue weighted by Crippen LogP contribution is -2.47. The Morgan fingerprint density at radius 2 is 1.90 bits per heavy atom. The Kier molecular flexibility index (Phi) is 6.61. The fourth-order valence-electron chi connectivity index (χ4n) is 5.30. The molecule has 0 amide bonds. The van der Waals surface area contributed by atoms with E-state index in [0.717, 1.165) is 62.1 Å². The maximum atomic E-state index is 13.4. The van der Waals surface area contributed by atoms with E-state index < -0.39 is 11.7 Å². The van der Waals surface area contributed by atoms with E-state index in [4.69, 9.17) is 16.3 Å². The van der Waals surface area contributed by atoms with Crippen molar-refractivity contribution in [1.82, 2.24) is 10.3 Å². The monoisotopic (exact) mass is 452 g/mol. The number of alkyl halides is 3. The van der Waals surface area contributed by atoms with Gasteiger partial charge in [0, 0.05) is 31.0 Å². The van der Waals surface area contributed by atoms with Crippen molar-refractivity contribution in [2.24, 2.45) is 0 Å². The van der Waals surface area contributed by atoms with Gasteiger partial charge in [-0.25, -0.2) is 0 Å². The van der Waals surface area contributed by atoms with Gasteiger partial charge >= 0.3 is 6.18 Å². The van der Waals surface area contributed by atoms with E-state index in [9.17, 15) is 13.2 Å². The Hall–Kier alpha value is -1.63. The van der Waals surface area contributed by atoms with Crippen LogP contribution in [-0.4, -0.2) is 23.7 Å². The number of hydrogen-bond acceptors (Lipinski definition) is 3. The van der Waals surface area contributed by atoms with Crippen molar-refractivity contribution < 1.29 is 17.9 Å². The lowest BCUT2D eigenvalue weighted by Gasteiger charge is -2.47. The first-order valence-corrected chi connectivity index (χ1v) is 11.3. The molecule has 1 aliphatic carbocycles. The Bertz CT molecular complexity index is 898. The SMILES string of the molecule is FC(F)(F)c1cccc([C@]2(CCNCc3cncc(Cl)c3)CCOC3(CCCC3)C2)c1. The van der Waals surface area contributed by atoms with Crippen LogP contribution in [0.5, 0.6) is 0 Å². The summed E-state index contributed by atoms with van der Waals surface area (Å²) in [5.74, 6) is 0. The summed E-state index contributed by atoms with van der Waals surface area (Å²) < 4.78 is 46.5. The quantitative estimate of drug-likeness (QED) is 0.522. The predicted octanol–water partition coefficient (Wildman–Crippen LogP) is 6.29. The van der Waals surface area contributed by atoms with Gasteiger partial charge in [0.2, 0.25) is 0 Å². The van der Waals surface area contributed by atoms with Crippen molar-refractivity contribution in [1.29, 1.82) is 0 Å². The summed E-state index contributed by atoms with van der Waals surface area (Å²) in [7, 11) is 0. The van der Waals surface area contributed by atoms with Crippen LogP contribution in [0.25, 0.3) is 0 Å². The molecule has 2 heterocycles. The van der Waals surface area contributed by atoms with Crippen molar-refractivity contribution in [3.8, 4) is 0 Å². The van der Waals surface area contributed by atoms with Gasteiger partial charge in [-0.05, 0) is 61.9 Å². The molecule has 2 aromatic rings. The molecule has 0 unspecified atom stereocenters. The van der Waals surface area contributed by atoms with Crippen molar-refractivity contribution in [3.63, 3.8) is 0 Å². The van der Waals surface area contributed by atoms with Crippen LogP contribution in [0.2, 0.25) is 5.02 Å². The molecule has 1 saturated carbocycles. The molecule has 7 heteroatoms. The molecule has 4 rings (SSSR count). The molecule has 2 aliphatic rings. The van der Waals surface area contributed by atoms with Crippen LogP contribution in [0, 0.1) is 0 Å². The van der Waals surface area contributed by atoms with Gasteiger partial charge in [0.1, 0.15) is 0 Å². The standard InChI is InChI=1S/C24H28ClF3N2O/c25-21-12-18(15-30-16-21)14-29-10-8-22(9-11-31-23(17-22)6-1-2-7-23)19-4-3-5-20(13-19)24(26,27)28/h3-5,12-13,15-16,29H,1-2,6-11,14,17H2/t22-/m1/s1. The van der Waals surface area contributed by atoms with E-state index >= 15 is 0 Å². The van der Waals surface area contributed by atoms with Crippen LogP contribution >= 0.6 is 11.6 Å². The van der Waals surface area contributed by atoms with Crippen LogP contribution in [0.1, 0.15) is 61.6 Å². The van der Waals surface area contributed by atoms with Crippen molar-refractivity contribution in [2.75, 3.05) is 13.2 Å².